The highest BCUT2D eigenvalue weighted by atomic mass is 16.5. The minimum atomic E-state index is 0.329. The average Bonchev–Trinajstić information content (AvgIpc) is 2.68. The van der Waals surface area contributed by atoms with Gasteiger partial charge in [-0.15, -0.1) is 0 Å². The van der Waals surface area contributed by atoms with Crippen molar-refractivity contribution in [2.24, 2.45) is 0 Å². The monoisotopic (exact) mass is 211 g/mol. The Labute approximate surface area is 91.8 Å². The van der Waals surface area contributed by atoms with Crippen LogP contribution in [0.2, 0.25) is 0 Å². The Morgan fingerprint density at radius 1 is 1.47 bits per heavy atom. The van der Waals surface area contributed by atoms with E-state index in [2.05, 4.69) is 12.2 Å². The van der Waals surface area contributed by atoms with Gasteiger partial charge in [-0.2, -0.15) is 0 Å². The predicted molar refractivity (Wildman–Crippen MR) is 60.7 cm³/mol. The summed E-state index contributed by atoms with van der Waals surface area (Å²) >= 11 is 0. The molecule has 3 nitrogen and oxygen atoms in total. The highest BCUT2D eigenvalue weighted by molar-refractivity contribution is 5.10. The Hall–Kier alpha value is -0.800. The zero-order valence-corrected chi connectivity index (χ0v) is 9.88. The van der Waals surface area contributed by atoms with E-state index < -0.39 is 0 Å². The zero-order chi connectivity index (χ0) is 11.1. The van der Waals surface area contributed by atoms with Gasteiger partial charge in [0.05, 0.1) is 6.04 Å². The Morgan fingerprint density at radius 3 is 2.87 bits per heavy atom. The molecule has 1 N–H and O–H groups in total. The van der Waals surface area contributed by atoms with Crippen molar-refractivity contribution in [3.05, 3.63) is 23.7 Å². The summed E-state index contributed by atoms with van der Waals surface area (Å²) in [4.78, 5) is 0. The van der Waals surface area contributed by atoms with E-state index >= 15 is 0 Å². The van der Waals surface area contributed by atoms with Crippen molar-refractivity contribution in [3.8, 4) is 0 Å². The first kappa shape index (κ1) is 12.3. The quantitative estimate of drug-likeness (QED) is 0.753. The van der Waals surface area contributed by atoms with Gasteiger partial charge in [0.1, 0.15) is 18.1 Å². The molecular formula is C12H21NO2. The third-order valence-corrected chi connectivity index (χ3v) is 2.51. The van der Waals surface area contributed by atoms with Crippen LogP contribution in [0.15, 0.2) is 16.5 Å². The molecule has 1 unspecified atom stereocenters. The van der Waals surface area contributed by atoms with Crippen LogP contribution in [0.4, 0.5) is 0 Å². The molecule has 0 spiro atoms. The number of hydrogen-bond acceptors (Lipinski definition) is 3. The number of rotatable bonds is 7. The summed E-state index contributed by atoms with van der Waals surface area (Å²) < 4.78 is 10.7. The molecule has 1 heterocycles. The second kappa shape index (κ2) is 6.64. The lowest BCUT2D eigenvalue weighted by atomic mass is 10.1. The Kier molecular flexibility index (Phi) is 5.43. The van der Waals surface area contributed by atoms with E-state index in [4.69, 9.17) is 9.15 Å². The molecule has 0 amide bonds. The van der Waals surface area contributed by atoms with E-state index in [0.717, 1.165) is 17.9 Å². The molecular weight excluding hydrogens is 190 g/mol. The van der Waals surface area contributed by atoms with Gasteiger partial charge in [-0.3, -0.25) is 0 Å². The highest BCUT2D eigenvalue weighted by Crippen LogP contribution is 2.21. The second-order valence-corrected chi connectivity index (χ2v) is 3.72. The van der Waals surface area contributed by atoms with Crippen LogP contribution in [0.25, 0.3) is 0 Å². The summed E-state index contributed by atoms with van der Waals surface area (Å²) in [6, 6.07) is 4.34. The maximum absolute atomic E-state index is 5.69. The molecule has 0 aliphatic carbocycles. The van der Waals surface area contributed by atoms with E-state index in [-0.39, 0.29) is 0 Å². The van der Waals surface area contributed by atoms with Gasteiger partial charge in [0.25, 0.3) is 0 Å². The number of hydrogen-bond donors (Lipinski definition) is 1. The maximum Gasteiger partial charge on any atom is 0.129 e. The van der Waals surface area contributed by atoms with E-state index in [1.54, 1.807) is 7.11 Å². The zero-order valence-electron chi connectivity index (χ0n) is 9.88. The van der Waals surface area contributed by atoms with Gasteiger partial charge in [-0.05, 0) is 25.6 Å². The van der Waals surface area contributed by atoms with Crippen molar-refractivity contribution < 1.29 is 9.15 Å². The first-order chi connectivity index (χ1) is 7.31. The first-order valence-electron chi connectivity index (χ1n) is 5.56. The summed E-state index contributed by atoms with van der Waals surface area (Å²) in [6.07, 6.45) is 3.54. The molecule has 0 saturated heterocycles. The summed E-state index contributed by atoms with van der Waals surface area (Å²) in [7, 11) is 3.65. The molecule has 0 saturated carbocycles. The molecule has 0 aliphatic heterocycles. The van der Waals surface area contributed by atoms with Gasteiger partial charge in [0.15, 0.2) is 0 Å². The van der Waals surface area contributed by atoms with Gasteiger partial charge < -0.3 is 14.5 Å². The largest absolute Gasteiger partial charge is 0.462 e. The lowest BCUT2D eigenvalue weighted by Crippen LogP contribution is -2.15. The van der Waals surface area contributed by atoms with Crippen LogP contribution in [-0.2, 0) is 11.3 Å². The average molecular weight is 211 g/mol. The number of nitrogens with one attached hydrogen (secondary N) is 1. The number of ether oxygens (including phenoxy) is 1. The van der Waals surface area contributed by atoms with Crippen molar-refractivity contribution in [2.45, 2.75) is 38.8 Å². The van der Waals surface area contributed by atoms with Crippen LogP contribution in [0.3, 0.4) is 0 Å². The highest BCUT2D eigenvalue weighted by Gasteiger charge is 2.12. The van der Waals surface area contributed by atoms with Crippen molar-refractivity contribution in [1.82, 2.24) is 5.32 Å². The van der Waals surface area contributed by atoms with Crippen LogP contribution in [0, 0.1) is 0 Å². The van der Waals surface area contributed by atoms with Crippen molar-refractivity contribution >= 4 is 0 Å². The Balaban J connectivity index is 2.57. The molecule has 1 rings (SSSR count). The van der Waals surface area contributed by atoms with Crippen LogP contribution >= 0.6 is 0 Å². The normalized spacial score (nSPS) is 13.0. The van der Waals surface area contributed by atoms with E-state index in [1.165, 1.54) is 12.8 Å². The Morgan fingerprint density at radius 2 is 2.27 bits per heavy atom. The van der Waals surface area contributed by atoms with Crippen LogP contribution in [-0.4, -0.2) is 14.2 Å². The molecule has 0 aliphatic rings. The lowest BCUT2D eigenvalue weighted by Gasteiger charge is -2.12. The fourth-order valence-corrected chi connectivity index (χ4v) is 1.64. The molecule has 15 heavy (non-hydrogen) atoms. The molecule has 3 heteroatoms. The Bertz CT molecular complexity index is 270. The van der Waals surface area contributed by atoms with Crippen LogP contribution < -0.4 is 5.32 Å². The SMILES string of the molecule is CCCCC(NC)c1ccc(COC)o1. The second-order valence-electron chi connectivity index (χ2n) is 3.72. The third kappa shape index (κ3) is 3.68. The molecule has 1 atom stereocenters. The molecule has 86 valence electrons. The van der Waals surface area contributed by atoms with Gasteiger partial charge in [-0.1, -0.05) is 19.8 Å². The first-order valence-corrected chi connectivity index (χ1v) is 5.56. The fraction of sp³-hybridized carbons (Fsp3) is 0.667. The number of methoxy groups -OCH3 is 1. The standard InChI is InChI=1S/C12H21NO2/c1-4-5-6-11(13-2)12-8-7-10(15-12)9-14-3/h7-8,11,13H,4-6,9H2,1-3H3. The third-order valence-electron chi connectivity index (χ3n) is 2.51. The topological polar surface area (TPSA) is 34.4 Å². The van der Waals surface area contributed by atoms with E-state index in [0.29, 0.717) is 12.6 Å². The van der Waals surface area contributed by atoms with E-state index in [1.807, 2.05) is 19.2 Å². The molecule has 0 radical (unpaired) electrons. The predicted octanol–water partition coefficient (Wildman–Crippen LogP) is 2.88. The molecule has 0 fully saturated rings. The van der Waals surface area contributed by atoms with Crippen LogP contribution in [0.1, 0.15) is 43.7 Å². The minimum Gasteiger partial charge on any atom is -0.462 e. The summed E-state index contributed by atoms with van der Waals surface area (Å²) in [6.45, 7) is 2.75. The van der Waals surface area contributed by atoms with Gasteiger partial charge in [0, 0.05) is 7.11 Å². The summed E-state index contributed by atoms with van der Waals surface area (Å²) in [5, 5.41) is 3.27. The minimum absolute atomic E-state index is 0.329. The maximum atomic E-state index is 5.69. The number of unbranched alkanes of at least 4 members (excludes halogenated alkanes) is 1. The summed E-state index contributed by atoms with van der Waals surface area (Å²) in [5.41, 5.74) is 0. The molecule has 1 aromatic heterocycles. The molecule has 1 aromatic rings. The molecule has 0 bridgehead atoms. The van der Waals surface area contributed by atoms with E-state index in [9.17, 15) is 0 Å². The van der Waals surface area contributed by atoms with Crippen molar-refractivity contribution in [2.75, 3.05) is 14.2 Å². The fourth-order valence-electron chi connectivity index (χ4n) is 1.64. The van der Waals surface area contributed by atoms with Crippen molar-refractivity contribution in [3.63, 3.8) is 0 Å². The van der Waals surface area contributed by atoms with Gasteiger partial charge in [-0.25, -0.2) is 0 Å². The molecule has 0 aromatic carbocycles. The lowest BCUT2D eigenvalue weighted by molar-refractivity contribution is 0.161. The van der Waals surface area contributed by atoms with Gasteiger partial charge >= 0.3 is 0 Å². The smallest absolute Gasteiger partial charge is 0.129 e. The number of furan rings is 1. The van der Waals surface area contributed by atoms with Gasteiger partial charge in [0.2, 0.25) is 0 Å². The van der Waals surface area contributed by atoms with Crippen LogP contribution in [0.5, 0.6) is 0 Å². The van der Waals surface area contributed by atoms with Crippen molar-refractivity contribution in [1.29, 1.82) is 0 Å². The summed E-state index contributed by atoms with van der Waals surface area (Å²) in [5.74, 6) is 1.90.